The third-order valence-electron chi connectivity index (χ3n) is 2.56. The molecule has 2 heteroatoms. The molecule has 0 radical (unpaired) electrons. The van der Waals surface area contributed by atoms with E-state index in [1.165, 1.54) is 0 Å². The molecule has 82 valence electrons. The fourth-order valence-electron chi connectivity index (χ4n) is 1.79. The van der Waals surface area contributed by atoms with Crippen molar-refractivity contribution in [2.24, 2.45) is 0 Å². The summed E-state index contributed by atoms with van der Waals surface area (Å²) in [6.07, 6.45) is 0. The average Bonchev–Trinajstić information content (AvgIpc) is 2.34. The van der Waals surface area contributed by atoms with Crippen molar-refractivity contribution >= 4 is 11.4 Å². The zero-order valence-corrected chi connectivity index (χ0v) is 9.30. The molecule has 2 rings (SSSR count). The average molecular weight is 213 g/mol. The van der Waals surface area contributed by atoms with Crippen LogP contribution in [-0.2, 0) is 0 Å². The first-order valence-electron chi connectivity index (χ1n) is 5.43. The smallest absolute Gasteiger partial charge is 0.139 e. The third-order valence-corrected chi connectivity index (χ3v) is 2.56. The summed E-state index contributed by atoms with van der Waals surface area (Å²) in [5.74, 6) is 0.313. The van der Waals surface area contributed by atoms with Crippen LogP contribution in [0.1, 0.15) is 6.92 Å². The van der Waals surface area contributed by atoms with Gasteiger partial charge in [0, 0.05) is 12.2 Å². The Kier molecular flexibility index (Phi) is 3.10. The first-order chi connectivity index (χ1) is 7.83. The molecule has 2 aromatic rings. The number of phenols is 1. The van der Waals surface area contributed by atoms with Crippen molar-refractivity contribution in [1.29, 1.82) is 0 Å². The molecular weight excluding hydrogens is 198 g/mol. The maximum Gasteiger partial charge on any atom is 0.139 e. The molecule has 0 bridgehead atoms. The second kappa shape index (κ2) is 4.71. The van der Waals surface area contributed by atoms with E-state index in [4.69, 9.17) is 0 Å². The standard InChI is InChI=1S/C14H15NO/c1-2-15(12-8-4-3-5-9-12)13-10-6-7-11-14(13)16/h3-11,16H,2H2,1H3. The summed E-state index contributed by atoms with van der Waals surface area (Å²) in [7, 11) is 0. The Morgan fingerprint density at radius 2 is 1.56 bits per heavy atom. The summed E-state index contributed by atoms with van der Waals surface area (Å²) >= 11 is 0. The van der Waals surface area contributed by atoms with E-state index in [0.29, 0.717) is 5.75 Å². The van der Waals surface area contributed by atoms with Crippen LogP contribution in [0.15, 0.2) is 54.6 Å². The van der Waals surface area contributed by atoms with Gasteiger partial charge in [-0.25, -0.2) is 0 Å². The van der Waals surface area contributed by atoms with E-state index < -0.39 is 0 Å². The Labute approximate surface area is 95.8 Å². The van der Waals surface area contributed by atoms with Gasteiger partial charge in [0.15, 0.2) is 0 Å². The van der Waals surface area contributed by atoms with Crippen LogP contribution in [0.25, 0.3) is 0 Å². The number of phenolic OH excluding ortho intramolecular Hbond substituents is 1. The summed E-state index contributed by atoms with van der Waals surface area (Å²) in [5.41, 5.74) is 1.93. The lowest BCUT2D eigenvalue weighted by molar-refractivity contribution is 0.475. The Bertz CT molecular complexity index is 453. The van der Waals surface area contributed by atoms with Crippen molar-refractivity contribution in [3.05, 3.63) is 54.6 Å². The van der Waals surface area contributed by atoms with Crippen LogP contribution in [0.2, 0.25) is 0 Å². The number of rotatable bonds is 3. The van der Waals surface area contributed by atoms with Crippen LogP contribution in [0, 0.1) is 0 Å². The highest BCUT2D eigenvalue weighted by molar-refractivity contribution is 5.68. The zero-order chi connectivity index (χ0) is 11.4. The number of aromatic hydroxyl groups is 1. The van der Waals surface area contributed by atoms with Crippen molar-refractivity contribution in [2.45, 2.75) is 6.92 Å². The number of nitrogens with zero attached hydrogens (tertiary/aromatic N) is 1. The topological polar surface area (TPSA) is 23.5 Å². The second-order valence-corrected chi connectivity index (χ2v) is 3.57. The van der Waals surface area contributed by atoms with Gasteiger partial charge in [-0.3, -0.25) is 0 Å². The highest BCUT2D eigenvalue weighted by Crippen LogP contribution is 2.31. The number of anilines is 2. The maximum absolute atomic E-state index is 9.83. The first kappa shape index (κ1) is 10.6. The van der Waals surface area contributed by atoms with Gasteiger partial charge in [0.05, 0.1) is 5.69 Å². The van der Waals surface area contributed by atoms with E-state index in [9.17, 15) is 5.11 Å². The Hall–Kier alpha value is -1.96. The first-order valence-corrected chi connectivity index (χ1v) is 5.43. The lowest BCUT2D eigenvalue weighted by Gasteiger charge is -2.23. The fourth-order valence-corrected chi connectivity index (χ4v) is 1.79. The van der Waals surface area contributed by atoms with E-state index in [-0.39, 0.29) is 0 Å². The largest absolute Gasteiger partial charge is 0.506 e. The molecular formula is C14H15NO. The lowest BCUT2D eigenvalue weighted by Crippen LogP contribution is -2.15. The van der Waals surface area contributed by atoms with Crippen LogP contribution in [0.3, 0.4) is 0 Å². The molecule has 16 heavy (non-hydrogen) atoms. The van der Waals surface area contributed by atoms with Crippen molar-refractivity contribution in [3.63, 3.8) is 0 Å². The molecule has 0 fully saturated rings. The molecule has 0 unspecified atom stereocenters. The van der Waals surface area contributed by atoms with Crippen LogP contribution < -0.4 is 4.90 Å². The van der Waals surface area contributed by atoms with Gasteiger partial charge in [-0.2, -0.15) is 0 Å². The monoisotopic (exact) mass is 213 g/mol. The van der Waals surface area contributed by atoms with Crippen molar-refractivity contribution in [3.8, 4) is 5.75 Å². The molecule has 2 aromatic carbocycles. The number of benzene rings is 2. The Morgan fingerprint density at radius 1 is 0.938 bits per heavy atom. The molecule has 0 aromatic heterocycles. The third kappa shape index (κ3) is 2.01. The minimum Gasteiger partial charge on any atom is -0.506 e. The molecule has 0 aliphatic heterocycles. The summed E-state index contributed by atoms with van der Waals surface area (Å²) in [6.45, 7) is 2.89. The van der Waals surface area contributed by atoms with Crippen LogP contribution in [0.4, 0.5) is 11.4 Å². The van der Waals surface area contributed by atoms with Crippen LogP contribution in [-0.4, -0.2) is 11.7 Å². The zero-order valence-electron chi connectivity index (χ0n) is 9.30. The molecule has 2 nitrogen and oxygen atoms in total. The van der Waals surface area contributed by atoms with Gasteiger partial charge in [-0.15, -0.1) is 0 Å². The summed E-state index contributed by atoms with van der Waals surface area (Å²) in [5, 5.41) is 9.83. The normalized spacial score (nSPS) is 10.1. The van der Waals surface area contributed by atoms with Gasteiger partial charge in [0.25, 0.3) is 0 Å². The number of hydrogen-bond donors (Lipinski definition) is 1. The lowest BCUT2D eigenvalue weighted by atomic mass is 10.2. The SMILES string of the molecule is CCN(c1ccccc1)c1ccccc1O. The number of para-hydroxylation sites is 3. The number of hydrogen-bond acceptors (Lipinski definition) is 2. The van der Waals surface area contributed by atoms with Crippen molar-refractivity contribution < 1.29 is 5.11 Å². The van der Waals surface area contributed by atoms with E-state index in [1.807, 2.05) is 48.5 Å². The predicted octanol–water partition coefficient (Wildman–Crippen LogP) is 3.55. The van der Waals surface area contributed by atoms with Crippen LogP contribution in [0.5, 0.6) is 5.75 Å². The molecule has 0 amide bonds. The van der Waals surface area contributed by atoms with Gasteiger partial charge < -0.3 is 10.0 Å². The summed E-state index contributed by atoms with van der Waals surface area (Å²) < 4.78 is 0. The Balaban J connectivity index is 2.41. The fraction of sp³-hybridized carbons (Fsp3) is 0.143. The summed E-state index contributed by atoms with van der Waals surface area (Å²) in [4.78, 5) is 2.08. The highest BCUT2D eigenvalue weighted by Gasteiger charge is 2.09. The van der Waals surface area contributed by atoms with E-state index in [1.54, 1.807) is 6.07 Å². The molecule has 0 saturated heterocycles. The van der Waals surface area contributed by atoms with Gasteiger partial charge in [-0.1, -0.05) is 30.3 Å². The van der Waals surface area contributed by atoms with Gasteiger partial charge >= 0.3 is 0 Å². The maximum atomic E-state index is 9.83. The van der Waals surface area contributed by atoms with Gasteiger partial charge in [0.2, 0.25) is 0 Å². The highest BCUT2D eigenvalue weighted by atomic mass is 16.3. The van der Waals surface area contributed by atoms with Crippen molar-refractivity contribution in [1.82, 2.24) is 0 Å². The van der Waals surface area contributed by atoms with E-state index in [2.05, 4.69) is 11.8 Å². The van der Waals surface area contributed by atoms with E-state index in [0.717, 1.165) is 17.9 Å². The minimum atomic E-state index is 0.313. The van der Waals surface area contributed by atoms with E-state index >= 15 is 0 Å². The minimum absolute atomic E-state index is 0.313. The molecule has 0 aliphatic carbocycles. The quantitative estimate of drug-likeness (QED) is 0.842. The Morgan fingerprint density at radius 3 is 2.19 bits per heavy atom. The van der Waals surface area contributed by atoms with Gasteiger partial charge in [0.1, 0.15) is 5.75 Å². The van der Waals surface area contributed by atoms with Crippen molar-refractivity contribution in [2.75, 3.05) is 11.4 Å². The molecule has 1 N–H and O–H groups in total. The van der Waals surface area contributed by atoms with Gasteiger partial charge in [-0.05, 0) is 31.2 Å². The predicted molar refractivity (Wildman–Crippen MR) is 67.2 cm³/mol. The second-order valence-electron chi connectivity index (χ2n) is 3.57. The molecule has 0 aliphatic rings. The summed E-state index contributed by atoms with van der Waals surface area (Å²) in [6, 6.07) is 17.5. The van der Waals surface area contributed by atoms with Crippen LogP contribution >= 0.6 is 0 Å². The molecule has 0 heterocycles. The molecule has 0 spiro atoms. The molecule has 0 saturated carbocycles. The molecule has 0 atom stereocenters.